The fraction of sp³-hybridized carbons (Fsp3) is 0.167. The summed E-state index contributed by atoms with van der Waals surface area (Å²) < 4.78 is 2.72. The second kappa shape index (κ2) is 7.44. The van der Waals surface area contributed by atoms with E-state index in [0.717, 1.165) is 0 Å². The van der Waals surface area contributed by atoms with E-state index in [-0.39, 0.29) is 24.7 Å². The number of nitrogens with one attached hydrogen (secondary N) is 1. The minimum absolute atomic E-state index is 0.238. The standard InChI is InChI=1S/C18H16N6O2/c1-23-16(15-4-2-3-9-20-15)22-24(18(23)26)11-10-21-17(25)14-7-5-13(12-19)6-8-14/h2-9H,10-11H2,1H3,(H,21,25). The molecule has 8 nitrogen and oxygen atoms in total. The number of carbonyl (C=O) groups excluding carboxylic acids is 1. The van der Waals surface area contributed by atoms with Crippen LogP contribution in [0.25, 0.3) is 11.5 Å². The van der Waals surface area contributed by atoms with Crippen LogP contribution in [0.3, 0.4) is 0 Å². The molecule has 130 valence electrons. The largest absolute Gasteiger partial charge is 0.350 e. The van der Waals surface area contributed by atoms with Crippen LogP contribution < -0.4 is 11.0 Å². The maximum atomic E-state index is 12.3. The molecular weight excluding hydrogens is 332 g/mol. The molecule has 0 unspecified atom stereocenters. The zero-order valence-electron chi connectivity index (χ0n) is 14.1. The van der Waals surface area contributed by atoms with Crippen LogP contribution in [-0.4, -0.2) is 31.8 Å². The van der Waals surface area contributed by atoms with Crippen LogP contribution in [-0.2, 0) is 13.6 Å². The number of amides is 1. The van der Waals surface area contributed by atoms with Crippen LogP contribution in [0.15, 0.2) is 53.5 Å². The van der Waals surface area contributed by atoms with E-state index in [1.165, 1.54) is 9.25 Å². The molecule has 0 aliphatic rings. The molecule has 26 heavy (non-hydrogen) atoms. The Bertz CT molecular complexity index is 1010. The number of benzene rings is 1. The van der Waals surface area contributed by atoms with Gasteiger partial charge in [0.05, 0.1) is 18.2 Å². The predicted octanol–water partition coefficient (Wildman–Crippen LogP) is 0.945. The lowest BCUT2D eigenvalue weighted by atomic mass is 10.1. The third-order valence-electron chi connectivity index (χ3n) is 3.82. The summed E-state index contributed by atoms with van der Waals surface area (Å²) in [6, 6.07) is 13.7. The van der Waals surface area contributed by atoms with Crippen molar-refractivity contribution >= 4 is 5.91 Å². The third-order valence-corrected chi connectivity index (χ3v) is 3.82. The Labute approximate surface area is 149 Å². The molecule has 1 amide bonds. The maximum absolute atomic E-state index is 12.3. The van der Waals surface area contributed by atoms with Gasteiger partial charge in [0.2, 0.25) is 0 Å². The summed E-state index contributed by atoms with van der Waals surface area (Å²) in [5, 5.41) is 15.8. The molecule has 0 aliphatic carbocycles. The molecule has 2 aromatic heterocycles. The normalized spacial score (nSPS) is 10.3. The average Bonchev–Trinajstić information content (AvgIpc) is 2.97. The van der Waals surface area contributed by atoms with Gasteiger partial charge in [-0.3, -0.25) is 14.3 Å². The lowest BCUT2D eigenvalue weighted by Crippen LogP contribution is -2.31. The monoisotopic (exact) mass is 348 g/mol. The molecule has 0 saturated heterocycles. The Kier molecular flexibility index (Phi) is 4.90. The van der Waals surface area contributed by atoms with Gasteiger partial charge in [-0.25, -0.2) is 9.48 Å². The van der Waals surface area contributed by atoms with Crippen LogP contribution in [0, 0.1) is 11.3 Å². The van der Waals surface area contributed by atoms with E-state index in [1.54, 1.807) is 49.6 Å². The van der Waals surface area contributed by atoms with Gasteiger partial charge in [-0.15, -0.1) is 5.10 Å². The summed E-state index contributed by atoms with van der Waals surface area (Å²) in [6.45, 7) is 0.485. The average molecular weight is 348 g/mol. The molecular formula is C18H16N6O2. The van der Waals surface area contributed by atoms with Gasteiger partial charge in [0, 0.05) is 25.4 Å². The smallest absolute Gasteiger partial charge is 0.346 e. The van der Waals surface area contributed by atoms with E-state index in [0.29, 0.717) is 22.6 Å². The van der Waals surface area contributed by atoms with Crippen LogP contribution in [0.4, 0.5) is 0 Å². The van der Waals surface area contributed by atoms with Crippen molar-refractivity contribution in [1.29, 1.82) is 5.26 Å². The zero-order valence-corrected chi connectivity index (χ0v) is 14.1. The van der Waals surface area contributed by atoms with Crippen molar-refractivity contribution in [2.24, 2.45) is 7.05 Å². The summed E-state index contributed by atoms with van der Waals surface area (Å²) in [4.78, 5) is 28.6. The number of pyridine rings is 1. The fourth-order valence-electron chi connectivity index (χ4n) is 2.43. The highest BCUT2D eigenvalue weighted by molar-refractivity contribution is 5.94. The summed E-state index contributed by atoms with van der Waals surface area (Å²) >= 11 is 0. The van der Waals surface area contributed by atoms with Gasteiger partial charge in [0.1, 0.15) is 5.69 Å². The van der Waals surface area contributed by atoms with E-state index in [2.05, 4.69) is 15.4 Å². The highest BCUT2D eigenvalue weighted by atomic mass is 16.2. The lowest BCUT2D eigenvalue weighted by molar-refractivity contribution is 0.0952. The highest BCUT2D eigenvalue weighted by Crippen LogP contribution is 2.10. The molecule has 2 heterocycles. The Morgan fingerprint density at radius 3 is 2.65 bits per heavy atom. The van der Waals surface area contributed by atoms with E-state index in [9.17, 15) is 9.59 Å². The molecule has 3 aromatic rings. The molecule has 0 fully saturated rings. The first-order valence-corrected chi connectivity index (χ1v) is 7.94. The van der Waals surface area contributed by atoms with Crippen LogP contribution in [0.1, 0.15) is 15.9 Å². The number of hydrogen-bond acceptors (Lipinski definition) is 5. The number of aromatic nitrogens is 4. The number of nitrogens with zero attached hydrogens (tertiary/aromatic N) is 5. The van der Waals surface area contributed by atoms with Gasteiger partial charge in [-0.2, -0.15) is 5.26 Å². The molecule has 0 bridgehead atoms. The first kappa shape index (κ1) is 17.1. The van der Waals surface area contributed by atoms with Crippen molar-refractivity contribution in [2.75, 3.05) is 6.54 Å². The Balaban J connectivity index is 1.66. The lowest BCUT2D eigenvalue weighted by Gasteiger charge is -2.04. The van der Waals surface area contributed by atoms with Crippen molar-refractivity contribution in [1.82, 2.24) is 24.6 Å². The highest BCUT2D eigenvalue weighted by Gasteiger charge is 2.13. The Morgan fingerprint density at radius 2 is 2.00 bits per heavy atom. The van der Waals surface area contributed by atoms with Gasteiger partial charge >= 0.3 is 5.69 Å². The molecule has 0 spiro atoms. The van der Waals surface area contributed by atoms with E-state index in [4.69, 9.17) is 5.26 Å². The predicted molar refractivity (Wildman–Crippen MR) is 94.2 cm³/mol. The first-order valence-electron chi connectivity index (χ1n) is 7.94. The summed E-state index contributed by atoms with van der Waals surface area (Å²) in [5.41, 5.74) is 1.26. The first-order chi connectivity index (χ1) is 12.6. The summed E-state index contributed by atoms with van der Waals surface area (Å²) in [7, 11) is 1.63. The van der Waals surface area contributed by atoms with Gasteiger partial charge in [-0.1, -0.05) is 6.07 Å². The van der Waals surface area contributed by atoms with Gasteiger partial charge < -0.3 is 5.32 Å². The van der Waals surface area contributed by atoms with Gasteiger partial charge in [0.15, 0.2) is 5.82 Å². The van der Waals surface area contributed by atoms with Crippen LogP contribution in [0.5, 0.6) is 0 Å². The Morgan fingerprint density at radius 1 is 1.23 bits per heavy atom. The second-order valence-electron chi connectivity index (χ2n) is 5.55. The molecule has 3 rings (SSSR count). The van der Waals surface area contributed by atoms with E-state index >= 15 is 0 Å². The number of hydrogen-bond donors (Lipinski definition) is 1. The maximum Gasteiger partial charge on any atom is 0.346 e. The van der Waals surface area contributed by atoms with Crippen molar-refractivity contribution < 1.29 is 4.79 Å². The van der Waals surface area contributed by atoms with Crippen molar-refractivity contribution in [3.8, 4) is 17.6 Å². The minimum Gasteiger partial charge on any atom is -0.350 e. The summed E-state index contributed by atoms with van der Waals surface area (Å²) in [5.74, 6) is 0.192. The number of carbonyl (C=O) groups is 1. The molecule has 8 heteroatoms. The third kappa shape index (κ3) is 3.52. The van der Waals surface area contributed by atoms with E-state index < -0.39 is 0 Å². The fourth-order valence-corrected chi connectivity index (χ4v) is 2.43. The number of nitriles is 1. The summed E-state index contributed by atoms with van der Waals surface area (Å²) in [6.07, 6.45) is 1.64. The molecule has 0 radical (unpaired) electrons. The zero-order chi connectivity index (χ0) is 18.5. The molecule has 0 aliphatic heterocycles. The second-order valence-corrected chi connectivity index (χ2v) is 5.55. The quantitative estimate of drug-likeness (QED) is 0.739. The van der Waals surface area contributed by atoms with Crippen molar-refractivity contribution in [3.63, 3.8) is 0 Å². The van der Waals surface area contributed by atoms with Crippen molar-refractivity contribution in [2.45, 2.75) is 6.54 Å². The molecule has 0 saturated carbocycles. The van der Waals surface area contributed by atoms with Crippen LogP contribution in [0.2, 0.25) is 0 Å². The molecule has 1 aromatic carbocycles. The molecule has 0 atom stereocenters. The minimum atomic E-state index is -0.279. The number of rotatable bonds is 5. The SMILES string of the molecule is Cn1c(-c2ccccn2)nn(CCNC(=O)c2ccc(C#N)cc2)c1=O. The topological polar surface area (TPSA) is 106 Å². The van der Waals surface area contributed by atoms with E-state index in [1.807, 2.05) is 12.1 Å². The van der Waals surface area contributed by atoms with Crippen LogP contribution >= 0.6 is 0 Å². The molecule has 1 N–H and O–H groups in total. The van der Waals surface area contributed by atoms with Crippen molar-refractivity contribution in [3.05, 3.63) is 70.3 Å². The van der Waals surface area contributed by atoms with Gasteiger partial charge in [-0.05, 0) is 36.4 Å². The van der Waals surface area contributed by atoms with Gasteiger partial charge in [0.25, 0.3) is 5.91 Å². The Hall–Kier alpha value is -3.73.